The second-order valence-electron chi connectivity index (χ2n) is 3.69. The molecule has 1 aromatic rings. The summed E-state index contributed by atoms with van der Waals surface area (Å²) in [5.74, 6) is -1.64. The largest absolute Gasteiger partial charge is 0.480 e. The van der Waals surface area contributed by atoms with Gasteiger partial charge in [-0.2, -0.15) is 0 Å². The van der Waals surface area contributed by atoms with E-state index in [-0.39, 0.29) is 13.0 Å². The summed E-state index contributed by atoms with van der Waals surface area (Å²) in [4.78, 5) is 24.3. The van der Waals surface area contributed by atoms with Gasteiger partial charge in [0.15, 0.2) is 0 Å². The topological polar surface area (TPSA) is 86.6 Å². The van der Waals surface area contributed by atoms with Gasteiger partial charge in [-0.15, -0.1) is 11.3 Å². The van der Waals surface area contributed by atoms with E-state index in [0.29, 0.717) is 0 Å². The molecule has 0 radical (unpaired) electrons. The van der Waals surface area contributed by atoms with Crippen LogP contribution >= 0.6 is 11.3 Å². The van der Waals surface area contributed by atoms with E-state index < -0.39 is 17.9 Å². The van der Waals surface area contributed by atoms with Crippen LogP contribution in [0.25, 0.3) is 6.08 Å². The number of nitrogens with one attached hydrogen (secondary N) is 1. The summed E-state index contributed by atoms with van der Waals surface area (Å²) in [7, 11) is 0. The number of carboxylic acids is 1. The lowest BCUT2D eigenvalue weighted by Crippen LogP contribution is -2.40. The standard InChI is InChI=1S/C12H15NO4S/c1-8-2-3-9(18-8)4-5-11(15)13-10(6-7-14)12(16)17/h2-5,10,14H,6-7H2,1H3,(H,13,15)(H,16,17)/b5-4+. The molecule has 1 amide bonds. The van der Waals surface area contributed by atoms with Gasteiger partial charge in [0.25, 0.3) is 0 Å². The smallest absolute Gasteiger partial charge is 0.326 e. The van der Waals surface area contributed by atoms with Crippen LogP contribution in [0.2, 0.25) is 0 Å². The summed E-state index contributed by atoms with van der Waals surface area (Å²) in [6.07, 6.45) is 2.91. The summed E-state index contributed by atoms with van der Waals surface area (Å²) >= 11 is 1.54. The van der Waals surface area contributed by atoms with E-state index in [0.717, 1.165) is 9.75 Å². The van der Waals surface area contributed by atoms with E-state index in [1.54, 1.807) is 17.4 Å². The Morgan fingerprint density at radius 1 is 1.50 bits per heavy atom. The summed E-state index contributed by atoms with van der Waals surface area (Å²) in [5.41, 5.74) is 0. The second kappa shape index (κ2) is 6.93. The predicted molar refractivity (Wildman–Crippen MR) is 69.4 cm³/mol. The minimum atomic E-state index is -1.15. The molecule has 0 bridgehead atoms. The molecule has 98 valence electrons. The van der Waals surface area contributed by atoms with Crippen molar-refractivity contribution in [3.8, 4) is 0 Å². The maximum Gasteiger partial charge on any atom is 0.326 e. The maximum atomic E-state index is 11.5. The van der Waals surface area contributed by atoms with E-state index in [9.17, 15) is 9.59 Å². The van der Waals surface area contributed by atoms with Crippen molar-refractivity contribution >= 4 is 29.3 Å². The molecule has 1 unspecified atom stereocenters. The molecular weight excluding hydrogens is 254 g/mol. The average Bonchev–Trinajstić information content (AvgIpc) is 2.72. The molecule has 5 nitrogen and oxygen atoms in total. The normalized spacial score (nSPS) is 12.6. The molecule has 1 rings (SSSR count). The van der Waals surface area contributed by atoms with E-state index in [4.69, 9.17) is 10.2 Å². The second-order valence-corrected chi connectivity index (χ2v) is 5.01. The van der Waals surface area contributed by atoms with Crippen LogP contribution in [0.15, 0.2) is 18.2 Å². The molecule has 6 heteroatoms. The minimum absolute atomic E-state index is 0.00692. The third kappa shape index (κ3) is 4.68. The first kappa shape index (κ1) is 14.4. The van der Waals surface area contributed by atoms with Gasteiger partial charge in [0, 0.05) is 28.9 Å². The van der Waals surface area contributed by atoms with E-state index >= 15 is 0 Å². The third-order valence-corrected chi connectivity index (χ3v) is 3.16. The maximum absolute atomic E-state index is 11.5. The van der Waals surface area contributed by atoms with Crippen molar-refractivity contribution in [2.75, 3.05) is 6.61 Å². The molecule has 1 aromatic heterocycles. The van der Waals surface area contributed by atoms with Gasteiger partial charge in [-0.3, -0.25) is 4.79 Å². The van der Waals surface area contributed by atoms with Crippen LogP contribution in [0.4, 0.5) is 0 Å². The minimum Gasteiger partial charge on any atom is -0.480 e. The van der Waals surface area contributed by atoms with Crippen molar-refractivity contribution in [3.05, 3.63) is 28.0 Å². The number of aliphatic hydroxyl groups excluding tert-OH is 1. The van der Waals surface area contributed by atoms with Gasteiger partial charge in [0.05, 0.1) is 0 Å². The fourth-order valence-electron chi connectivity index (χ4n) is 1.31. The molecule has 3 N–H and O–H groups in total. The number of hydrogen-bond donors (Lipinski definition) is 3. The van der Waals surface area contributed by atoms with E-state index in [2.05, 4.69) is 5.32 Å². The number of carbonyl (C=O) groups excluding carboxylic acids is 1. The first-order chi connectivity index (χ1) is 8.52. The van der Waals surface area contributed by atoms with Crippen molar-refractivity contribution in [2.24, 2.45) is 0 Å². The monoisotopic (exact) mass is 269 g/mol. The van der Waals surface area contributed by atoms with Crippen molar-refractivity contribution in [3.63, 3.8) is 0 Å². The Bertz CT molecular complexity index is 453. The van der Waals surface area contributed by atoms with Gasteiger partial charge in [-0.25, -0.2) is 4.79 Å². The number of amides is 1. The molecule has 1 heterocycles. The van der Waals surface area contributed by atoms with E-state index in [1.165, 1.54) is 6.08 Å². The zero-order valence-corrected chi connectivity index (χ0v) is 10.7. The Kier molecular flexibility index (Phi) is 5.54. The Morgan fingerprint density at radius 3 is 2.72 bits per heavy atom. The molecule has 0 saturated heterocycles. The summed E-state index contributed by atoms with van der Waals surface area (Å²) < 4.78 is 0. The van der Waals surface area contributed by atoms with Crippen LogP contribution < -0.4 is 5.32 Å². The van der Waals surface area contributed by atoms with Crippen molar-refractivity contribution in [2.45, 2.75) is 19.4 Å². The van der Waals surface area contributed by atoms with Gasteiger partial charge in [-0.1, -0.05) is 0 Å². The Balaban J connectivity index is 2.54. The zero-order valence-electron chi connectivity index (χ0n) is 9.92. The Labute approximate surface area is 109 Å². The van der Waals surface area contributed by atoms with Crippen molar-refractivity contribution in [1.29, 1.82) is 0 Å². The molecule has 0 aromatic carbocycles. The molecule has 0 spiro atoms. The number of aliphatic hydroxyl groups is 1. The summed E-state index contributed by atoms with van der Waals surface area (Å²) in [5, 5.41) is 19.8. The van der Waals surface area contributed by atoms with Crippen LogP contribution in [0.5, 0.6) is 0 Å². The van der Waals surface area contributed by atoms with Crippen molar-refractivity contribution < 1.29 is 19.8 Å². The van der Waals surface area contributed by atoms with Crippen LogP contribution in [0, 0.1) is 6.92 Å². The molecule has 0 aliphatic rings. The molecule has 0 aliphatic heterocycles. The number of carboxylic acid groups (broad SMARTS) is 1. The lowest BCUT2D eigenvalue weighted by atomic mass is 10.2. The number of hydrogen-bond acceptors (Lipinski definition) is 4. The highest BCUT2D eigenvalue weighted by atomic mass is 32.1. The van der Waals surface area contributed by atoms with Gasteiger partial charge in [-0.05, 0) is 25.1 Å². The van der Waals surface area contributed by atoms with E-state index in [1.807, 2.05) is 19.1 Å². The first-order valence-electron chi connectivity index (χ1n) is 5.41. The highest BCUT2D eigenvalue weighted by molar-refractivity contribution is 7.12. The fourth-order valence-corrected chi connectivity index (χ4v) is 2.09. The first-order valence-corrected chi connectivity index (χ1v) is 6.23. The van der Waals surface area contributed by atoms with Gasteiger partial charge in [0.1, 0.15) is 6.04 Å². The molecule has 18 heavy (non-hydrogen) atoms. The molecule has 0 saturated carbocycles. The lowest BCUT2D eigenvalue weighted by molar-refractivity contribution is -0.141. The quantitative estimate of drug-likeness (QED) is 0.673. The number of aliphatic carboxylic acids is 1. The summed E-state index contributed by atoms with van der Waals surface area (Å²) in [6, 6.07) is 2.76. The third-order valence-electron chi connectivity index (χ3n) is 2.19. The molecule has 1 atom stereocenters. The molecule has 0 fully saturated rings. The summed E-state index contributed by atoms with van der Waals surface area (Å²) in [6.45, 7) is 1.68. The highest BCUT2D eigenvalue weighted by Crippen LogP contribution is 2.16. The number of thiophene rings is 1. The number of rotatable bonds is 6. The Hall–Kier alpha value is -1.66. The fraction of sp³-hybridized carbons (Fsp3) is 0.333. The number of aryl methyl sites for hydroxylation is 1. The Morgan fingerprint density at radius 2 is 2.22 bits per heavy atom. The van der Waals surface area contributed by atoms with Crippen LogP contribution in [0.3, 0.4) is 0 Å². The van der Waals surface area contributed by atoms with Gasteiger partial charge >= 0.3 is 5.97 Å². The zero-order chi connectivity index (χ0) is 13.5. The number of carbonyl (C=O) groups is 2. The van der Waals surface area contributed by atoms with Crippen LogP contribution in [-0.4, -0.2) is 34.7 Å². The molecular formula is C12H15NO4S. The highest BCUT2D eigenvalue weighted by Gasteiger charge is 2.17. The van der Waals surface area contributed by atoms with Gasteiger partial charge < -0.3 is 15.5 Å². The van der Waals surface area contributed by atoms with Crippen molar-refractivity contribution in [1.82, 2.24) is 5.32 Å². The van der Waals surface area contributed by atoms with Gasteiger partial charge in [0.2, 0.25) is 5.91 Å². The predicted octanol–water partition coefficient (Wildman–Crippen LogP) is 1.02. The molecule has 0 aliphatic carbocycles. The lowest BCUT2D eigenvalue weighted by Gasteiger charge is -2.10. The average molecular weight is 269 g/mol. The van der Waals surface area contributed by atoms with Crippen LogP contribution in [0.1, 0.15) is 16.2 Å². The SMILES string of the molecule is Cc1ccc(/C=C/C(=O)NC(CCO)C(=O)O)s1. The van der Waals surface area contributed by atoms with Crippen LogP contribution in [-0.2, 0) is 9.59 Å².